The molecule has 1 unspecified atom stereocenters. The lowest BCUT2D eigenvalue weighted by Gasteiger charge is -2.23. The van der Waals surface area contributed by atoms with Crippen LogP contribution in [0.2, 0.25) is 0 Å². The number of halogens is 1. The van der Waals surface area contributed by atoms with Crippen LogP contribution in [-0.2, 0) is 16.0 Å². The molecule has 1 fully saturated rings. The van der Waals surface area contributed by atoms with Gasteiger partial charge in [-0.3, -0.25) is 14.5 Å². The normalized spacial score (nSPS) is 19.5. The molecule has 0 spiro atoms. The monoisotopic (exact) mass is 479 g/mol. The number of amides is 1. The number of Topliss-reactive ketones (excluding diaryl/α,β-unsaturated/α-hetero) is 1. The second-order valence-corrected chi connectivity index (χ2v) is 8.43. The average Bonchev–Trinajstić information content (AvgIpc) is 3.45. The molecule has 0 bridgehead atoms. The summed E-state index contributed by atoms with van der Waals surface area (Å²) in [4.78, 5) is 27.6. The maximum Gasteiger partial charge on any atom is 0.300 e. The van der Waals surface area contributed by atoms with E-state index in [1.807, 2.05) is 6.07 Å². The molecular weight excluding hydrogens is 462 g/mol. The fourth-order valence-electron chi connectivity index (χ4n) is 4.08. The number of benzene rings is 2. The number of hydrogen-bond acceptors (Lipinski definition) is 5. The number of anilines is 1. The Bertz CT molecular complexity index is 1260. The van der Waals surface area contributed by atoms with Gasteiger partial charge in [0.05, 0.1) is 12.2 Å². The van der Waals surface area contributed by atoms with Crippen LogP contribution in [0.1, 0.15) is 28.7 Å². The van der Waals surface area contributed by atoms with E-state index in [-0.39, 0.29) is 11.3 Å². The summed E-state index contributed by atoms with van der Waals surface area (Å²) in [6.45, 7) is 2.37. The number of rotatable bonds is 3. The molecule has 0 saturated carbocycles. The quantitative estimate of drug-likeness (QED) is 0.327. The predicted molar refractivity (Wildman–Crippen MR) is 118 cm³/mol. The molecule has 5 rings (SSSR count). The van der Waals surface area contributed by atoms with E-state index in [9.17, 15) is 14.7 Å². The van der Waals surface area contributed by atoms with Crippen LogP contribution in [0, 0.1) is 6.92 Å². The van der Waals surface area contributed by atoms with Crippen LogP contribution in [0.5, 0.6) is 5.75 Å². The molecule has 1 saturated heterocycles. The van der Waals surface area contributed by atoms with Crippen LogP contribution in [0.25, 0.3) is 5.76 Å². The number of aliphatic hydroxyl groups is 1. The number of hydrogen-bond donors (Lipinski definition) is 1. The molecule has 1 N–H and O–H groups in total. The first-order chi connectivity index (χ1) is 14.9. The molecule has 0 radical (unpaired) electrons. The minimum absolute atomic E-state index is 0.00168. The van der Waals surface area contributed by atoms with Crippen LogP contribution >= 0.6 is 15.9 Å². The number of aliphatic hydroxyl groups excluding tert-OH is 1. The molecule has 156 valence electrons. The zero-order valence-corrected chi connectivity index (χ0v) is 18.2. The van der Waals surface area contributed by atoms with Crippen LogP contribution in [0.15, 0.2) is 69.1 Å². The molecule has 31 heavy (non-hydrogen) atoms. The number of fused-ring (bicyclic) bond motifs is 1. The minimum Gasteiger partial charge on any atom is -0.507 e. The number of ketones is 1. The van der Waals surface area contributed by atoms with Gasteiger partial charge in [0.25, 0.3) is 11.7 Å². The molecule has 2 aliphatic rings. The maximum absolute atomic E-state index is 13.1. The summed E-state index contributed by atoms with van der Waals surface area (Å²) in [6, 6.07) is 15.0. The van der Waals surface area contributed by atoms with Gasteiger partial charge in [0.2, 0.25) is 0 Å². The molecule has 1 aromatic heterocycles. The Morgan fingerprint density at radius 3 is 2.71 bits per heavy atom. The van der Waals surface area contributed by atoms with E-state index in [2.05, 4.69) is 15.9 Å². The summed E-state index contributed by atoms with van der Waals surface area (Å²) >= 11 is 3.41. The van der Waals surface area contributed by atoms with E-state index in [4.69, 9.17) is 9.15 Å². The highest BCUT2D eigenvalue weighted by Gasteiger charge is 2.48. The first-order valence-electron chi connectivity index (χ1n) is 9.83. The Balaban J connectivity index is 1.70. The summed E-state index contributed by atoms with van der Waals surface area (Å²) in [5.74, 6) is 0.109. The van der Waals surface area contributed by atoms with Crippen molar-refractivity contribution in [2.45, 2.75) is 19.4 Å². The summed E-state index contributed by atoms with van der Waals surface area (Å²) in [7, 11) is 0. The fraction of sp³-hybridized carbons (Fsp3) is 0.167. The highest BCUT2D eigenvalue weighted by atomic mass is 79.9. The van der Waals surface area contributed by atoms with Gasteiger partial charge in [-0.15, -0.1) is 0 Å². The Labute approximate surface area is 186 Å². The van der Waals surface area contributed by atoms with Gasteiger partial charge in [-0.25, -0.2) is 0 Å². The standard InChI is InChI=1S/C24H18BrNO5/c1-13-5-7-19(31-13)21-20(22(27)15-6-8-18-14(11-15)9-10-30-18)23(28)24(29)26(21)17-4-2-3-16(25)12-17/h2-8,11-12,21,27H,9-10H2,1H3/b22-20-. The van der Waals surface area contributed by atoms with Crippen LogP contribution in [-0.4, -0.2) is 23.4 Å². The van der Waals surface area contributed by atoms with Crippen molar-refractivity contribution >= 4 is 39.1 Å². The van der Waals surface area contributed by atoms with Crippen molar-refractivity contribution < 1.29 is 23.8 Å². The van der Waals surface area contributed by atoms with Gasteiger partial charge in [0.15, 0.2) is 0 Å². The molecule has 1 atom stereocenters. The molecule has 0 aliphatic carbocycles. The minimum atomic E-state index is -0.882. The fourth-order valence-corrected chi connectivity index (χ4v) is 4.47. The van der Waals surface area contributed by atoms with E-state index in [1.165, 1.54) is 4.90 Å². The summed E-state index contributed by atoms with van der Waals surface area (Å²) in [5.41, 5.74) is 1.94. The number of ether oxygens (including phenoxy) is 1. The van der Waals surface area contributed by atoms with Crippen molar-refractivity contribution in [1.82, 2.24) is 0 Å². The van der Waals surface area contributed by atoms with Gasteiger partial charge in [0, 0.05) is 22.1 Å². The van der Waals surface area contributed by atoms with E-state index >= 15 is 0 Å². The van der Waals surface area contributed by atoms with E-state index in [0.717, 1.165) is 22.2 Å². The SMILES string of the molecule is Cc1ccc(C2/C(=C(/O)c3ccc4c(c3)CCO4)C(=O)C(=O)N2c2cccc(Br)c2)o1. The van der Waals surface area contributed by atoms with E-state index in [1.54, 1.807) is 55.5 Å². The topological polar surface area (TPSA) is 80.0 Å². The van der Waals surface area contributed by atoms with Gasteiger partial charge in [-0.1, -0.05) is 22.0 Å². The number of furan rings is 1. The molecular formula is C24H18BrNO5. The van der Waals surface area contributed by atoms with Gasteiger partial charge >= 0.3 is 0 Å². The molecule has 6 nitrogen and oxygen atoms in total. The Hall–Kier alpha value is -3.32. The second-order valence-electron chi connectivity index (χ2n) is 7.52. The van der Waals surface area contributed by atoms with Gasteiger partial charge in [-0.2, -0.15) is 0 Å². The van der Waals surface area contributed by atoms with E-state index in [0.29, 0.717) is 29.4 Å². The third-order valence-electron chi connectivity index (χ3n) is 5.52. The predicted octanol–water partition coefficient (Wildman–Crippen LogP) is 4.91. The van der Waals surface area contributed by atoms with Crippen molar-refractivity contribution in [1.29, 1.82) is 0 Å². The van der Waals surface area contributed by atoms with Gasteiger partial charge in [-0.05, 0) is 61.0 Å². The van der Waals surface area contributed by atoms with Crippen molar-refractivity contribution in [3.05, 3.63) is 87.3 Å². The number of aryl methyl sites for hydroxylation is 1. The third-order valence-corrected chi connectivity index (χ3v) is 6.02. The lowest BCUT2D eigenvalue weighted by atomic mass is 9.98. The van der Waals surface area contributed by atoms with Crippen LogP contribution in [0.4, 0.5) is 5.69 Å². The Morgan fingerprint density at radius 1 is 1.13 bits per heavy atom. The van der Waals surface area contributed by atoms with Crippen molar-refractivity contribution in [2.24, 2.45) is 0 Å². The summed E-state index contributed by atoms with van der Waals surface area (Å²) < 4.78 is 12.1. The lowest BCUT2D eigenvalue weighted by Crippen LogP contribution is -2.29. The van der Waals surface area contributed by atoms with Crippen LogP contribution < -0.4 is 9.64 Å². The Kier molecular flexibility index (Phi) is 4.70. The average molecular weight is 480 g/mol. The zero-order valence-electron chi connectivity index (χ0n) is 16.6. The molecule has 3 heterocycles. The van der Waals surface area contributed by atoms with Crippen molar-refractivity contribution in [2.75, 3.05) is 11.5 Å². The molecule has 2 aliphatic heterocycles. The molecule has 3 aromatic rings. The van der Waals surface area contributed by atoms with Crippen molar-refractivity contribution in [3.63, 3.8) is 0 Å². The van der Waals surface area contributed by atoms with Gasteiger partial charge in [0.1, 0.15) is 29.1 Å². The maximum atomic E-state index is 13.1. The smallest absolute Gasteiger partial charge is 0.300 e. The third kappa shape index (κ3) is 3.25. The Morgan fingerprint density at radius 2 is 1.97 bits per heavy atom. The summed E-state index contributed by atoms with van der Waals surface area (Å²) in [5, 5.41) is 11.2. The first kappa shape index (κ1) is 19.6. The highest BCUT2D eigenvalue weighted by Crippen LogP contribution is 2.43. The van der Waals surface area contributed by atoms with E-state index < -0.39 is 17.7 Å². The number of carbonyl (C=O) groups excluding carboxylic acids is 2. The molecule has 2 aromatic carbocycles. The zero-order chi connectivity index (χ0) is 21.7. The van der Waals surface area contributed by atoms with Crippen molar-refractivity contribution in [3.8, 4) is 5.75 Å². The molecule has 1 amide bonds. The largest absolute Gasteiger partial charge is 0.507 e. The highest BCUT2D eigenvalue weighted by molar-refractivity contribution is 9.10. The second kappa shape index (κ2) is 7.42. The van der Waals surface area contributed by atoms with Gasteiger partial charge < -0.3 is 14.3 Å². The number of carbonyl (C=O) groups is 2. The first-order valence-corrected chi connectivity index (χ1v) is 10.6. The summed E-state index contributed by atoms with van der Waals surface area (Å²) in [6.07, 6.45) is 0.726. The number of nitrogens with zero attached hydrogens (tertiary/aromatic N) is 1. The molecule has 7 heteroatoms. The lowest BCUT2D eigenvalue weighted by molar-refractivity contribution is -0.132. The van der Waals surface area contributed by atoms with Crippen LogP contribution in [0.3, 0.4) is 0 Å².